The van der Waals surface area contributed by atoms with Gasteiger partial charge < -0.3 is 10.6 Å². The molecule has 0 fully saturated rings. The topological polar surface area (TPSA) is 29.3 Å². The van der Waals surface area contributed by atoms with Crippen LogP contribution >= 0.6 is 23.6 Å². The van der Waals surface area contributed by atoms with Gasteiger partial charge in [0.05, 0.1) is 6.54 Å². The van der Waals surface area contributed by atoms with Crippen molar-refractivity contribution in [3.63, 3.8) is 0 Å². The van der Waals surface area contributed by atoms with E-state index in [2.05, 4.69) is 11.4 Å². The Morgan fingerprint density at radius 1 is 1.75 bits per heavy atom. The number of thiophene rings is 1. The van der Waals surface area contributed by atoms with Gasteiger partial charge >= 0.3 is 0 Å². The summed E-state index contributed by atoms with van der Waals surface area (Å²) in [6.45, 7) is 3.75. The Morgan fingerprint density at radius 2 is 2.50 bits per heavy atom. The van der Waals surface area contributed by atoms with Gasteiger partial charge in [-0.3, -0.25) is 0 Å². The highest BCUT2D eigenvalue weighted by molar-refractivity contribution is 7.80. The van der Waals surface area contributed by atoms with Crippen LogP contribution in [0.5, 0.6) is 0 Å². The summed E-state index contributed by atoms with van der Waals surface area (Å²) < 4.78 is 0. The second-order valence-electron chi connectivity index (χ2n) is 2.43. The van der Waals surface area contributed by atoms with Crippen molar-refractivity contribution in [3.05, 3.63) is 22.4 Å². The molecule has 2 nitrogen and oxygen atoms in total. The highest BCUT2D eigenvalue weighted by atomic mass is 32.1. The minimum absolute atomic E-state index is 0.478. The van der Waals surface area contributed by atoms with E-state index in [1.807, 2.05) is 17.9 Å². The first-order valence-corrected chi connectivity index (χ1v) is 5.09. The molecule has 0 unspecified atom stereocenters. The lowest BCUT2D eigenvalue weighted by atomic mass is 10.4. The monoisotopic (exact) mass is 200 g/mol. The second kappa shape index (κ2) is 4.42. The maximum Gasteiger partial charge on any atom is 0.166 e. The van der Waals surface area contributed by atoms with Crippen LogP contribution in [0.25, 0.3) is 0 Å². The molecule has 4 heteroatoms. The van der Waals surface area contributed by atoms with E-state index in [1.165, 1.54) is 4.88 Å². The molecule has 0 aliphatic heterocycles. The maximum absolute atomic E-state index is 5.53. The standard InChI is InChI=1S/C8H12N2S2/c1-2-10(8(9)11)6-7-4-3-5-12-7/h3-5H,2,6H2,1H3,(H2,9,11). The molecule has 0 atom stereocenters. The molecule has 0 aliphatic carbocycles. The molecule has 1 heterocycles. The average Bonchev–Trinajstić information content (AvgIpc) is 2.51. The molecule has 66 valence electrons. The van der Waals surface area contributed by atoms with E-state index in [1.54, 1.807) is 11.3 Å². The Morgan fingerprint density at radius 3 is 2.92 bits per heavy atom. The molecular weight excluding hydrogens is 188 g/mol. The average molecular weight is 200 g/mol. The molecule has 0 amide bonds. The smallest absolute Gasteiger partial charge is 0.166 e. The number of thiocarbonyl (C=S) groups is 1. The highest BCUT2D eigenvalue weighted by Gasteiger charge is 2.04. The molecule has 0 radical (unpaired) electrons. The lowest BCUT2D eigenvalue weighted by Crippen LogP contribution is -2.34. The number of rotatable bonds is 3. The first kappa shape index (κ1) is 9.48. The molecule has 1 aromatic rings. The van der Waals surface area contributed by atoms with Gasteiger partial charge in [-0.15, -0.1) is 11.3 Å². The quantitative estimate of drug-likeness (QED) is 0.755. The van der Waals surface area contributed by atoms with Crippen molar-refractivity contribution < 1.29 is 0 Å². The van der Waals surface area contributed by atoms with Gasteiger partial charge in [-0.25, -0.2) is 0 Å². The van der Waals surface area contributed by atoms with Crippen molar-refractivity contribution in [1.82, 2.24) is 4.90 Å². The van der Waals surface area contributed by atoms with Crippen LogP contribution in [0.15, 0.2) is 17.5 Å². The van der Waals surface area contributed by atoms with Gasteiger partial charge in [0.15, 0.2) is 5.11 Å². The number of hydrogen-bond acceptors (Lipinski definition) is 2. The van der Waals surface area contributed by atoms with Crippen molar-refractivity contribution in [2.75, 3.05) is 6.54 Å². The molecule has 0 bridgehead atoms. The van der Waals surface area contributed by atoms with Crippen LogP contribution in [0.2, 0.25) is 0 Å². The number of nitrogens with zero attached hydrogens (tertiary/aromatic N) is 1. The minimum atomic E-state index is 0.478. The Hall–Kier alpha value is -0.610. The number of hydrogen-bond donors (Lipinski definition) is 1. The van der Waals surface area contributed by atoms with Gasteiger partial charge in [0.25, 0.3) is 0 Å². The summed E-state index contributed by atoms with van der Waals surface area (Å²) in [5, 5.41) is 2.54. The van der Waals surface area contributed by atoms with Crippen molar-refractivity contribution in [2.45, 2.75) is 13.5 Å². The molecule has 0 spiro atoms. The molecular formula is C8H12N2S2. The normalized spacial score (nSPS) is 9.75. The Bertz CT molecular complexity index is 244. The highest BCUT2D eigenvalue weighted by Crippen LogP contribution is 2.11. The van der Waals surface area contributed by atoms with Crippen LogP contribution in [-0.2, 0) is 6.54 Å². The predicted molar refractivity (Wildman–Crippen MR) is 57.2 cm³/mol. The van der Waals surface area contributed by atoms with Gasteiger partial charge in [0.1, 0.15) is 0 Å². The van der Waals surface area contributed by atoms with Gasteiger partial charge in [-0.2, -0.15) is 0 Å². The summed E-state index contributed by atoms with van der Waals surface area (Å²) in [6.07, 6.45) is 0. The van der Waals surface area contributed by atoms with Gasteiger partial charge in [0.2, 0.25) is 0 Å². The van der Waals surface area contributed by atoms with Crippen molar-refractivity contribution in [1.29, 1.82) is 0 Å². The molecule has 1 rings (SSSR count). The maximum atomic E-state index is 5.53. The van der Waals surface area contributed by atoms with Crippen LogP contribution in [0.1, 0.15) is 11.8 Å². The van der Waals surface area contributed by atoms with Crippen LogP contribution in [-0.4, -0.2) is 16.6 Å². The van der Waals surface area contributed by atoms with E-state index in [0.717, 1.165) is 13.1 Å². The zero-order valence-corrected chi connectivity index (χ0v) is 8.62. The molecule has 0 saturated heterocycles. The van der Waals surface area contributed by atoms with Gasteiger partial charge in [0, 0.05) is 11.4 Å². The summed E-state index contributed by atoms with van der Waals surface area (Å²) in [5.41, 5.74) is 5.53. The van der Waals surface area contributed by atoms with Crippen LogP contribution in [0.3, 0.4) is 0 Å². The summed E-state index contributed by atoms with van der Waals surface area (Å²) in [6, 6.07) is 4.12. The Kier molecular flexibility index (Phi) is 3.49. The zero-order valence-electron chi connectivity index (χ0n) is 6.99. The molecule has 1 aromatic heterocycles. The van der Waals surface area contributed by atoms with E-state index in [9.17, 15) is 0 Å². The van der Waals surface area contributed by atoms with Crippen molar-refractivity contribution in [2.24, 2.45) is 5.73 Å². The van der Waals surface area contributed by atoms with E-state index >= 15 is 0 Å². The van der Waals surface area contributed by atoms with E-state index in [4.69, 9.17) is 18.0 Å². The second-order valence-corrected chi connectivity index (χ2v) is 3.88. The largest absolute Gasteiger partial charge is 0.376 e. The first-order valence-electron chi connectivity index (χ1n) is 3.80. The predicted octanol–water partition coefficient (Wildman–Crippen LogP) is 1.81. The summed E-state index contributed by atoms with van der Waals surface area (Å²) >= 11 is 6.62. The summed E-state index contributed by atoms with van der Waals surface area (Å²) in [5.74, 6) is 0. The third-order valence-corrected chi connectivity index (χ3v) is 2.74. The van der Waals surface area contributed by atoms with Crippen molar-refractivity contribution in [3.8, 4) is 0 Å². The molecule has 0 aliphatic rings. The zero-order chi connectivity index (χ0) is 8.97. The fourth-order valence-electron chi connectivity index (χ4n) is 0.936. The van der Waals surface area contributed by atoms with Crippen LogP contribution in [0.4, 0.5) is 0 Å². The SMILES string of the molecule is CCN(Cc1cccs1)C(N)=S. The van der Waals surface area contributed by atoms with Gasteiger partial charge in [-0.05, 0) is 30.6 Å². The third kappa shape index (κ3) is 2.46. The fraction of sp³-hybridized carbons (Fsp3) is 0.375. The fourth-order valence-corrected chi connectivity index (χ4v) is 1.85. The first-order chi connectivity index (χ1) is 5.74. The molecule has 12 heavy (non-hydrogen) atoms. The molecule has 0 saturated carbocycles. The van der Waals surface area contributed by atoms with E-state index < -0.39 is 0 Å². The third-order valence-electron chi connectivity index (χ3n) is 1.62. The Balaban J connectivity index is 2.54. The van der Waals surface area contributed by atoms with E-state index in [-0.39, 0.29) is 0 Å². The van der Waals surface area contributed by atoms with E-state index in [0.29, 0.717) is 5.11 Å². The Labute approximate surface area is 82.0 Å². The molecule has 2 N–H and O–H groups in total. The number of nitrogens with two attached hydrogens (primary N) is 1. The minimum Gasteiger partial charge on any atom is -0.376 e. The lowest BCUT2D eigenvalue weighted by Gasteiger charge is -2.19. The molecule has 0 aromatic carbocycles. The van der Waals surface area contributed by atoms with Crippen LogP contribution < -0.4 is 5.73 Å². The van der Waals surface area contributed by atoms with Crippen molar-refractivity contribution >= 4 is 28.7 Å². The van der Waals surface area contributed by atoms with Gasteiger partial charge in [-0.1, -0.05) is 6.07 Å². The summed E-state index contributed by atoms with van der Waals surface area (Å²) in [7, 11) is 0. The lowest BCUT2D eigenvalue weighted by molar-refractivity contribution is 0.443. The van der Waals surface area contributed by atoms with Crippen LogP contribution in [0, 0.1) is 0 Å². The summed E-state index contributed by atoms with van der Waals surface area (Å²) in [4.78, 5) is 3.27.